The molecule has 1 aromatic heterocycles. The van der Waals surface area contributed by atoms with E-state index in [0.717, 1.165) is 36.8 Å². The minimum Gasteiger partial charge on any atom is -0.378 e. The number of fused-ring (bicyclic) bond motifs is 1. The maximum Gasteiger partial charge on any atom is 0.0726 e. The molecule has 0 bridgehead atoms. The molecule has 22 heavy (non-hydrogen) atoms. The summed E-state index contributed by atoms with van der Waals surface area (Å²) < 4.78 is 5.89. The van der Waals surface area contributed by atoms with E-state index in [1.807, 2.05) is 0 Å². The SMILES string of the molecule is Cc1cc(N2CCC(C3CCCO3)CC2)c2ccccc2n1. The van der Waals surface area contributed by atoms with Crippen molar-refractivity contribution >= 4 is 16.6 Å². The van der Waals surface area contributed by atoms with E-state index < -0.39 is 0 Å². The molecule has 0 aliphatic carbocycles. The third-order valence-electron chi connectivity index (χ3n) is 5.19. The largest absolute Gasteiger partial charge is 0.378 e. The summed E-state index contributed by atoms with van der Waals surface area (Å²) in [4.78, 5) is 7.21. The lowest BCUT2D eigenvalue weighted by Crippen LogP contribution is -2.37. The Bertz CT molecular complexity index is 656. The fourth-order valence-corrected chi connectivity index (χ4v) is 4.03. The number of nitrogens with zero attached hydrogens (tertiary/aromatic N) is 2. The van der Waals surface area contributed by atoms with Crippen LogP contribution in [0.15, 0.2) is 30.3 Å². The van der Waals surface area contributed by atoms with Gasteiger partial charge in [0.1, 0.15) is 0 Å². The lowest BCUT2D eigenvalue weighted by atomic mass is 9.89. The van der Waals surface area contributed by atoms with Gasteiger partial charge in [-0.1, -0.05) is 18.2 Å². The van der Waals surface area contributed by atoms with Gasteiger partial charge in [0.25, 0.3) is 0 Å². The molecule has 2 aliphatic rings. The fraction of sp³-hybridized carbons (Fsp3) is 0.526. The average molecular weight is 296 g/mol. The smallest absolute Gasteiger partial charge is 0.0726 e. The molecule has 0 N–H and O–H groups in total. The van der Waals surface area contributed by atoms with Crippen LogP contribution >= 0.6 is 0 Å². The Labute approximate surface area is 132 Å². The van der Waals surface area contributed by atoms with Gasteiger partial charge in [-0.05, 0) is 50.7 Å². The molecular formula is C19H24N2O. The van der Waals surface area contributed by atoms with Crippen molar-refractivity contribution in [3.05, 3.63) is 36.0 Å². The summed E-state index contributed by atoms with van der Waals surface area (Å²) in [5, 5.41) is 1.28. The quantitative estimate of drug-likeness (QED) is 0.839. The van der Waals surface area contributed by atoms with Gasteiger partial charge >= 0.3 is 0 Å². The zero-order chi connectivity index (χ0) is 14.9. The van der Waals surface area contributed by atoms with Crippen molar-refractivity contribution in [3.8, 4) is 0 Å². The first-order valence-electron chi connectivity index (χ1n) is 8.54. The lowest BCUT2D eigenvalue weighted by molar-refractivity contribution is 0.0532. The molecule has 2 aliphatic heterocycles. The second kappa shape index (κ2) is 5.88. The average Bonchev–Trinajstić information content (AvgIpc) is 3.09. The van der Waals surface area contributed by atoms with Gasteiger partial charge in [0.15, 0.2) is 0 Å². The molecule has 3 heteroatoms. The van der Waals surface area contributed by atoms with Gasteiger partial charge in [-0.2, -0.15) is 0 Å². The Kier molecular flexibility index (Phi) is 3.75. The molecule has 1 unspecified atom stereocenters. The molecule has 1 atom stereocenters. The zero-order valence-corrected chi connectivity index (χ0v) is 13.3. The van der Waals surface area contributed by atoms with E-state index in [-0.39, 0.29) is 0 Å². The molecule has 2 saturated heterocycles. The third-order valence-corrected chi connectivity index (χ3v) is 5.19. The summed E-state index contributed by atoms with van der Waals surface area (Å²) in [6.45, 7) is 5.34. The van der Waals surface area contributed by atoms with Crippen molar-refractivity contribution < 1.29 is 4.74 Å². The second-order valence-corrected chi connectivity index (χ2v) is 6.68. The maximum absolute atomic E-state index is 5.89. The number of ether oxygens (including phenoxy) is 1. The molecule has 2 fully saturated rings. The zero-order valence-electron chi connectivity index (χ0n) is 13.3. The van der Waals surface area contributed by atoms with Crippen LogP contribution in [0.5, 0.6) is 0 Å². The first kappa shape index (κ1) is 14.0. The van der Waals surface area contributed by atoms with Crippen molar-refractivity contribution in [2.75, 3.05) is 24.6 Å². The minimum absolute atomic E-state index is 0.526. The lowest BCUT2D eigenvalue weighted by Gasteiger charge is -2.36. The highest BCUT2D eigenvalue weighted by atomic mass is 16.5. The summed E-state index contributed by atoms with van der Waals surface area (Å²) in [6, 6.07) is 10.7. The summed E-state index contributed by atoms with van der Waals surface area (Å²) >= 11 is 0. The number of aryl methyl sites for hydroxylation is 1. The predicted molar refractivity (Wildman–Crippen MR) is 90.4 cm³/mol. The van der Waals surface area contributed by atoms with Gasteiger partial charge in [-0.15, -0.1) is 0 Å². The molecule has 116 valence electrons. The van der Waals surface area contributed by atoms with Crippen LogP contribution in [0.25, 0.3) is 10.9 Å². The topological polar surface area (TPSA) is 25.4 Å². The molecule has 4 rings (SSSR count). The van der Waals surface area contributed by atoms with E-state index in [9.17, 15) is 0 Å². The van der Waals surface area contributed by atoms with E-state index in [4.69, 9.17) is 4.74 Å². The van der Waals surface area contributed by atoms with Crippen molar-refractivity contribution in [2.24, 2.45) is 5.92 Å². The minimum atomic E-state index is 0.526. The van der Waals surface area contributed by atoms with Crippen LogP contribution in [0.2, 0.25) is 0 Å². The van der Waals surface area contributed by atoms with Crippen molar-refractivity contribution in [1.29, 1.82) is 0 Å². The molecule has 3 heterocycles. The van der Waals surface area contributed by atoms with Crippen molar-refractivity contribution in [1.82, 2.24) is 4.98 Å². The number of hydrogen-bond donors (Lipinski definition) is 0. The van der Waals surface area contributed by atoms with Gasteiger partial charge < -0.3 is 9.64 Å². The molecule has 1 aromatic carbocycles. The maximum atomic E-state index is 5.89. The van der Waals surface area contributed by atoms with E-state index in [2.05, 4.69) is 47.1 Å². The van der Waals surface area contributed by atoms with Crippen LogP contribution in [0, 0.1) is 12.8 Å². The van der Waals surface area contributed by atoms with Crippen molar-refractivity contribution in [2.45, 2.75) is 38.7 Å². The van der Waals surface area contributed by atoms with Gasteiger partial charge in [0.05, 0.1) is 11.6 Å². The highest BCUT2D eigenvalue weighted by Gasteiger charge is 2.29. The normalized spacial score (nSPS) is 23.3. The highest BCUT2D eigenvalue weighted by molar-refractivity contribution is 5.92. The molecule has 3 nitrogen and oxygen atoms in total. The number of benzene rings is 1. The van der Waals surface area contributed by atoms with E-state index in [1.54, 1.807) is 0 Å². The van der Waals surface area contributed by atoms with Crippen LogP contribution in [-0.4, -0.2) is 30.8 Å². The first-order chi connectivity index (χ1) is 10.8. The Hall–Kier alpha value is -1.61. The molecule has 0 spiro atoms. The van der Waals surface area contributed by atoms with Crippen LogP contribution in [0.3, 0.4) is 0 Å². The molecular weight excluding hydrogens is 272 g/mol. The van der Waals surface area contributed by atoms with Gasteiger partial charge in [0, 0.05) is 36.5 Å². The number of para-hydroxylation sites is 1. The summed E-state index contributed by atoms with van der Waals surface area (Å²) in [5.74, 6) is 0.757. The predicted octanol–water partition coefficient (Wildman–Crippen LogP) is 3.94. The molecule has 0 radical (unpaired) electrons. The Morgan fingerprint density at radius 1 is 1.14 bits per heavy atom. The number of anilines is 1. The van der Waals surface area contributed by atoms with Gasteiger partial charge in [0.2, 0.25) is 0 Å². The van der Waals surface area contributed by atoms with E-state index in [1.165, 1.54) is 36.8 Å². The van der Waals surface area contributed by atoms with Crippen LogP contribution in [-0.2, 0) is 4.74 Å². The Balaban J connectivity index is 1.56. The number of rotatable bonds is 2. The number of piperidine rings is 1. The first-order valence-corrected chi connectivity index (χ1v) is 8.54. The van der Waals surface area contributed by atoms with E-state index >= 15 is 0 Å². The Morgan fingerprint density at radius 3 is 2.73 bits per heavy atom. The number of pyridine rings is 1. The summed E-state index contributed by atoms with van der Waals surface area (Å²) in [7, 11) is 0. The van der Waals surface area contributed by atoms with Crippen LogP contribution in [0.1, 0.15) is 31.4 Å². The molecule has 2 aromatic rings. The van der Waals surface area contributed by atoms with Gasteiger partial charge in [-0.25, -0.2) is 0 Å². The summed E-state index contributed by atoms with van der Waals surface area (Å²) in [5.41, 5.74) is 3.57. The van der Waals surface area contributed by atoms with Gasteiger partial charge in [-0.3, -0.25) is 4.98 Å². The molecule has 0 amide bonds. The van der Waals surface area contributed by atoms with Crippen LogP contribution in [0.4, 0.5) is 5.69 Å². The van der Waals surface area contributed by atoms with Crippen molar-refractivity contribution in [3.63, 3.8) is 0 Å². The monoisotopic (exact) mass is 296 g/mol. The third kappa shape index (κ3) is 2.58. The second-order valence-electron chi connectivity index (χ2n) is 6.68. The fourth-order valence-electron chi connectivity index (χ4n) is 4.03. The summed E-state index contributed by atoms with van der Waals surface area (Å²) in [6.07, 6.45) is 5.54. The standard InChI is InChI=1S/C19H24N2O/c1-14-13-18(16-5-2-3-6-17(16)20-14)21-10-8-15(9-11-21)19-7-4-12-22-19/h2-3,5-6,13,15,19H,4,7-12H2,1H3. The van der Waals surface area contributed by atoms with Crippen LogP contribution < -0.4 is 4.90 Å². The number of hydrogen-bond acceptors (Lipinski definition) is 3. The highest BCUT2D eigenvalue weighted by Crippen LogP contribution is 2.33. The Morgan fingerprint density at radius 2 is 1.95 bits per heavy atom. The molecule has 0 saturated carbocycles. The number of aromatic nitrogens is 1. The van der Waals surface area contributed by atoms with E-state index in [0.29, 0.717) is 6.10 Å².